The second kappa shape index (κ2) is 6.35. The van der Waals surface area contributed by atoms with E-state index in [-0.39, 0.29) is 17.8 Å². The zero-order chi connectivity index (χ0) is 17.2. The number of amides is 1. The predicted molar refractivity (Wildman–Crippen MR) is 92.1 cm³/mol. The lowest BCUT2D eigenvalue weighted by atomic mass is 10.2. The summed E-state index contributed by atoms with van der Waals surface area (Å²) in [5.41, 5.74) is 2.05. The molecule has 1 aliphatic heterocycles. The lowest BCUT2D eigenvalue weighted by Crippen LogP contribution is -2.33. The Morgan fingerprint density at radius 1 is 1.12 bits per heavy atom. The van der Waals surface area contributed by atoms with Gasteiger partial charge in [-0.15, -0.1) is 0 Å². The largest absolute Gasteiger partial charge is 0.374 e. The molecule has 6 nitrogen and oxygen atoms in total. The number of rotatable bonds is 4. The third kappa shape index (κ3) is 2.96. The molecule has 0 aliphatic carbocycles. The number of carbonyl (C=O) groups excluding carboxylic acids is 1. The predicted octanol–water partition coefficient (Wildman–Crippen LogP) is 2.62. The summed E-state index contributed by atoms with van der Waals surface area (Å²) < 4.78 is 15.6. The highest BCUT2D eigenvalue weighted by molar-refractivity contribution is 6.01. The maximum atomic E-state index is 13.9. The Balaban J connectivity index is 1.47. The Hall–Kier alpha value is -3.22. The van der Waals surface area contributed by atoms with Gasteiger partial charge in [0.1, 0.15) is 24.5 Å². The summed E-state index contributed by atoms with van der Waals surface area (Å²) >= 11 is 0. The molecule has 126 valence electrons. The van der Waals surface area contributed by atoms with Gasteiger partial charge in [0, 0.05) is 12.2 Å². The van der Waals surface area contributed by atoms with Gasteiger partial charge in [0.15, 0.2) is 0 Å². The number of carbonyl (C=O) groups is 1. The van der Waals surface area contributed by atoms with Crippen LogP contribution in [0.15, 0.2) is 61.2 Å². The van der Waals surface area contributed by atoms with Crippen molar-refractivity contribution in [2.24, 2.45) is 0 Å². The average molecular weight is 337 g/mol. The van der Waals surface area contributed by atoms with Gasteiger partial charge in [-0.3, -0.25) is 4.79 Å². The van der Waals surface area contributed by atoms with Gasteiger partial charge in [0.05, 0.1) is 11.4 Å². The molecule has 0 bridgehead atoms. The normalized spacial score (nSPS) is 17.1. The molecule has 25 heavy (non-hydrogen) atoms. The Kier molecular flexibility index (Phi) is 3.89. The lowest BCUT2D eigenvalue weighted by Gasteiger charge is -2.18. The van der Waals surface area contributed by atoms with Crippen LogP contribution in [0, 0.1) is 5.82 Å². The van der Waals surface area contributed by atoms with Crippen LogP contribution in [-0.2, 0) is 4.79 Å². The van der Waals surface area contributed by atoms with E-state index in [1.807, 2.05) is 24.3 Å². The Labute approximate surface area is 143 Å². The van der Waals surface area contributed by atoms with Crippen LogP contribution in [0.5, 0.6) is 0 Å². The SMILES string of the molecule is O=C1C(Nc2ccc(-n3cncn3)cc2)CCN1c1ccccc1F. The Morgan fingerprint density at radius 2 is 1.92 bits per heavy atom. The molecule has 1 atom stereocenters. The quantitative estimate of drug-likeness (QED) is 0.795. The van der Waals surface area contributed by atoms with Crippen LogP contribution >= 0.6 is 0 Å². The number of aromatic nitrogens is 3. The van der Waals surface area contributed by atoms with Crippen LogP contribution in [0.1, 0.15) is 6.42 Å². The standard InChI is InChI=1S/C18H16FN5O/c19-15-3-1-2-4-17(15)23-10-9-16(18(23)25)22-13-5-7-14(8-6-13)24-12-20-11-21-24/h1-8,11-12,16,22H,9-10H2. The first-order valence-electron chi connectivity index (χ1n) is 8.00. The van der Waals surface area contributed by atoms with E-state index < -0.39 is 0 Å². The Morgan fingerprint density at radius 3 is 2.64 bits per heavy atom. The number of anilines is 2. The third-order valence-electron chi connectivity index (χ3n) is 4.24. The number of nitrogens with zero attached hydrogens (tertiary/aromatic N) is 4. The summed E-state index contributed by atoms with van der Waals surface area (Å²) in [5.74, 6) is -0.501. The van der Waals surface area contributed by atoms with Crippen LogP contribution in [0.25, 0.3) is 5.69 Å². The molecule has 4 rings (SSSR count). The van der Waals surface area contributed by atoms with E-state index in [1.165, 1.54) is 17.3 Å². The maximum absolute atomic E-state index is 13.9. The molecule has 1 aromatic heterocycles. The van der Waals surface area contributed by atoms with Crippen molar-refractivity contribution in [2.75, 3.05) is 16.8 Å². The fourth-order valence-electron chi connectivity index (χ4n) is 2.98. The van der Waals surface area contributed by atoms with Gasteiger partial charge in [-0.2, -0.15) is 5.10 Å². The van der Waals surface area contributed by atoms with Crippen molar-refractivity contribution in [3.05, 3.63) is 67.0 Å². The number of benzene rings is 2. The monoisotopic (exact) mass is 337 g/mol. The van der Waals surface area contributed by atoms with Gasteiger partial charge in [0.2, 0.25) is 5.91 Å². The van der Waals surface area contributed by atoms with Crippen LogP contribution in [0.2, 0.25) is 0 Å². The van der Waals surface area contributed by atoms with Crippen LogP contribution in [0.4, 0.5) is 15.8 Å². The van der Waals surface area contributed by atoms with E-state index in [9.17, 15) is 9.18 Å². The molecule has 1 unspecified atom stereocenters. The fraction of sp³-hybridized carbons (Fsp3) is 0.167. The van der Waals surface area contributed by atoms with Crippen molar-refractivity contribution in [1.82, 2.24) is 14.8 Å². The second-order valence-corrected chi connectivity index (χ2v) is 5.81. The third-order valence-corrected chi connectivity index (χ3v) is 4.24. The topological polar surface area (TPSA) is 63.1 Å². The molecular formula is C18H16FN5O. The first-order chi connectivity index (χ1) is 12.2. The zero-order valence-corrected chi connectivity index (χ0v) is 13.3. The average Bonchev–Trinajstić information content (AvgIpc) is 3.28. The summed E-state index contributed by atoms with van der Waals surface area (Å²) in [5, 5.41) is 7.30. The van der Waals surface area contributed by atoms with Crippen molar-refractivity contribution >= 4 is 17.3 Å². The number of hydrogen-bond donors (Lipinski definition) is 1. The van der Waals surface area contributed by atoms with E-state index in [0.717, 1.165) is 11.4 Å². The van der Waals surface area contributed by atoms with Gasteiger partial charge in [0.25, 0.3) is 0 Å². The molecular weight excluding hydrogens is 321 g/mol. The highest BCUT2D eigenvalue weighted by atomic mass is 19.1. The summed E-state index contributed by atoms with van der Waals surface area (Å²) in [4.78, 5) is 18.0. The molecule has 1 fully saturated rings. The van der Waals surface area contributed by atoms with Crippen molar-refractivity contribution in [3.8, 4) is 5.69 Å². The first kappa shape index (κ1) is 15.3. The molecule has 1 saturated heterocycles. The highest BCUT2D eigenvalue weighted by Gasteiger charge is 2.33. The minimum atomic E-state index is -0.381. The van der Waals surface area contributed by atoms with Crippen molar-refractivity contribution in [1.29, 1.82) is 0 Å². The molecule has 3 aromatic rings. The minimum absolute atomic E-state index is 0.120. The van der Waals surface area contributed by atoms with Crippen LogP contribution in [0.3, 0.4) is 0 Å². The van der Waals surface area contributed by atoms with Gasteiger partial charge in [-0.25, -0.2) is 14.1 Å². The number of halogens is 1. The van der Waals surface area contributed by atoms with E-state index in [1.54, 1.807) is 29.2 Å². The fourth-order valence-corrected chi connectivity index (χ4v) is 2.98. The molecule has 1 aliphatic rings. The van der Waals surface area contributed by atoms with Crippen molar-refractivity contribution < 1.29 is 9.18 Å². The summed E-state index contributed by atoms with van der Waals surface area (Å²) in [7, 11) is 0. The minimum Gasteiger partial charge on any atom is -0.374 e. The van der Waals surface area contributed by atoms with Crippen molar-refractivity contribution in [3.63, 3.8) is 0 Å². The Bertz CT molecular complexity index is 879. The summed E-state index contributed by atoms with van der Waals surface area (Å²) in [6.07, 6.45) is 3.72. The van der Waals surface area contributed by atoms with Crippen molar-refractivity contribution in [2.45, 2.75) is 12.5 Å². The second-order valence-electron chi connectivity index (χ2n) is 5.81. The number of hydrogen-bond acceptors (Lipinski definition) is 4. The van der Waals surface area contributed by atoms with Gasteiger partial charge in [-0.1, -0.05) is 12.1 Å². The molecule has 1 N–H and O–H groups in total. The molecule has 2 heterocycles. The lowest BCUT2D eigenvalue weighted by molar-refractivity contribution is -0.117. The first-order valence-corrected chi connectivity index (χ1v) is 8.00. The van der Waals surface area contributed by atoms with Crippen LogP contribution < -0.4 is 10.2 Å². The van der Waals surface area contributed by atoms with E-state index >= 15 is 0 Å². The molecule has 2 aromatic carbocycles. The van der Waals surface area contributed by atoms with Gasteiger partial charge >= 0.3 is 0 Å². The zero-order valence-electron chi connectivity index (χ0n) is 13.3. The summed E-state index contributed by atoms with van der Waals surface area (Å²) in [6.45, 7) is 0.495. The van der Waals surface area contributed by atoms with Gasteiger partial charge < -0.3 is 10.2 Å². The smallest absolute Gasteiger partial charge is 0.249 e. The van der Waals surface area contributed by atoms with E-state index in [4.69, 9.17) is 0 Å². The number of para-hydroxylation sites is 1. The molecule has 0 saturated carbocycles. The number of nitrogens with one attached hydrogen (secondary N) is 1. The molecule has 7 heteroatoms. The summed E-state index contributed by atoms with van der Waals surface area (Å²) in [6, 6.07) is 13.5. The molecule has 1 amide bonds. The van der Waals surface area contributed by atoms with Gasteiger partial charge in [-0.05, 0) is 42.8 Å². The van der Waals surface area contributed by atoms with Crippen LogP contribution in [-0.4, -0.2) is 33.3 Å². The molecule has 0 radical (unpaired) electrons. The van der Waals surface area contributed by atoms with E-state index in [0.29, 0.717) is 18.7 Å². The maximum Gasteiger partial charge on any atom is 0.249 e. The highest BCUT2D eigenvalue weighted by Crippen LogP contribution is 2.26. The van der Waals surface area contributed by atoms with E-state index in [2.05, 4.69) is 15.4 Å². The molecule has 0 spiro atoms.